The summed E-state index contributed by atoms with van der Waals surface area (Å²) in [5.41, 5.74) is -1.20. The van der Waals surface area contributed by atoms with Gasteiger partial charge in [0.25, 0.3) is 33.7 Å². The first-order chi connectivity index (χ1) is 38.9. The zero-order valence-electron chi connectivity index (χ0n) is 47.2. The van der Waals surface area contributed by atoms with Crippen LogP contribution in [0.4, 0.5) is 34.1 Å². The molecule has 8 aromatic carbocycles. The molecule has 0 unspecified atom stereocenters. The van der Waals surface area contributed by atoms with E-state index in [0.717, 1.165) is 12.1 Å². The fourth-order valence-corrected chi connectivity index (χ4v) is 12.1. The average Bonchev–Trinajstić information content (AvgIpc) is 1.56. The summed E-state index contributed by atoms with van der Waals surface area (Å²) in [4.78, 5) is 49.3. The Morgan fingerprint density at radius 2 is 0.722 bits per heavy atom. The SMILES string of the molecule is O=C(Nc1ccc(C(=O)Nc2ccc(S(=O)(=O)[O-])c3cc(S(=O)(=O)[O-])cc(S(=O)(=O)[O-])c23)cc1)c1cccc(N=C([O-])Nc2cccc(C(=O)Nc3ccc(C(=O)Nc4ccc(S(=O)(=O)[O-])c5cc(S(=O)(=O)[O-])cc(S(=O)(=O)O)c45)cc3)c2)c1.[Na+].[Na+].[Na+].[Na+].[Na+].[Na+]. The molecule has 8 rings (SSSR count). The molecule has 29 nitrogen and oxygen atoms in total. The van der Waals surface area contributed by atoms with Crippen molar-refractivity contribution < 1.29 is 279 Å². The number of hydrogen-bond donors (Lipinski definition) is 6. The van der Waals surface area contributed by atoms with Crippen molar-refractivity contribution in [2.75, 3.05) is 26.6 Å². The van der Waals surface area contributed by atoms with Gasteiger partial charge in [-0.3, -0.25) is 23.7 Å². The molecule has 0 atom stereocenters. The van der Waals surface area contributed by atoms with Crippen molar-refractivity contribution in [2.24, 2.45) is 4.99 Å². The van der Waals surface area contributed by atoms with E-state index in [-0.39, 0.29) is 234 Å². The van der Waals surface area contributed by atoms with E-state index in [1.165, 1.54) is 97.1 Å². The third kappa shape index (κ3) is 20.5. The maximum atomic E-state index is 13.3. The molecule has 0 bridgehead atoms. The first-order valence-corrected chi connectivity index (χ1v) is 31.1. The zero-order chi connectivity index (χ0) is 61.6. The van der Waals surface area contributed by atoms with Gasteiger partial charge in [-0.25, -0.2) is 47.1 Å². The van der Waals surface area contributed by atoms with Crippen molar-refractivity contribution in [3.05, 3.63) is 168 Å². The van der Waals surface area contributed by atoms with Crippen molar-refractivity contribution >= 4 is 146 Å². The Morgan fingerprint density at radius 1 is 0.356 bits per heavy atom. The summed E-state index contributed by atoms with van der Waals surface area (Å²) in [6.45, 7) is 0. The van der Waals surface area contributed by atoms with Crippen LogP contribution in [0.1, 0.15) is 41.4 Å². The van der Waals surface area contributed by atoms with Crippen molar-refractivity contribution in [2.45, 2.75) is 29.4 Å². The maximum absolute atomic E-state index is 13.3. The van der Waals surface area contributed by atoms with E-state index in [2.05, 4.69) is 31.6 Å². The second-order valence-corrected chi connectivity index (χ2v) is 25.5. The summed E-state index contributed by atoms with van der Waals surface area (Å²) in [5.74, 6) is -3.49. The zero-order valence-corrected chi connectivity index (χ0v) is 64.1. The topological polar surface area (TPSA) is 504 Å². The number of nitrogens with zero attached hydrogens (tertiary/aromatic N) is 1. The first-order valence-electron chi connectivity index (χ1n) is 22.6. The van der Waals surface area contributed by atoms with Crippen molar-refractivity contribution in [3.63, 3.8) is 0 Å². The molecular formula is C49H30N6Na6O23S6. The van der Waals surface area contributed by atoms with E-state index in [9.17, 15) is 102 Å². The number of aliphatic imine (C=N–C) groups is 1. The van der Waals surface area contributed by atoms with E-state index in [1.807, 2.05) is 0 Å². The second kappa shape index (κ2) is 32.6. The van der Waals surface area contributed by atoms with Crippen LogP contribution in [-0.4, -0.2) is 107 Å². The minimum atomic E-state index is -5.71. The number of carbonyl (C=O) groups is 4. The minimum absolute atomic E-state index is 0. The van der Waals surface area contributed by atoms with Gasteiger partial charge in [-0.2, -0.15) is 8.42 Å². The molecule has 0 heterocycles. The Hall–Kier alpha value is -3.11. The molecule has 0 saturated carbocycles. The van der Waals surface area contributed by atoms with Gasteiger partial charge < -0.3 is 54.5 Å². The number of anilines is 5. The van der Waals surface area contributed by atoms with E-state index < -0.39 is 153 Å². The quantitative estimate of drug-likeness (QED) is 0.0226. The Kier molecular flexibility index (Phi) is 30.0. The summed E-state index contributed by atoms with van der Waals surface area (Å²) in [6.07, 6.45) is 0. The molecule has 8 aromatic rings. The monoisotopic (exact) mass is 1400 g/mol. The van der Waals surface area contributed by atoms with Gasteiger partial charge >= 0.3 is 177 Å². The molecule has 0 spiro atoms. The first kappa shape index (κ1) is 83.0. The third-order valence-corrected chi connectivity index (χ3v) is 16.9. The summed E-state index contributed by atoms with van der Waals surface area (Å²) in [6, 6.07) is 23.5. The number of nitrogens with one attached hydrogen (secondary N) is 5. The van der Waals surface area contributed by atoms with Crippen LogP contribution in [0.5, 0.6) is 0 Å². The van der Waals surface area contributed by atoms with Crippen LogP contribution >= 0.6 is 0 Å². The standard InChI is InChI=1S/C49H36N6O23S6.6Na/c56-45(54-37-15-17-39(81(67,68)69)35-21-33(79(61,62)63)23-41(43(35)37)83(73,74)75)25-7-11-29(12-8-25)50-47(58)27-3-1-5-31(19-27)52-49(60)53-32-6-2-4-28(20-32)48(59)51-30-13-9-26(10-14-30)46(57)55-38-16-18-40(82(70,71)72)36-22-34(80(64,65)66)24-42(44(36)38)84(76,77)78;;;;;;/h1-24H,(H,50,58)(H,51,59)(H,54,56)(H,55,57)(H2,52,53,60)(H,61,62,63)(H,64,65,66)(H,67,68,69)(H,70,71,72)(H,73,74,75)(H,76,77,78);;;;;;/q;6*+1/p-6. The number of fused-ring (bicyclic) bond motifs is 2. The fourth-order valence-electron chi connectivity index (χ4n) is 8.05. The van der Waals surface area contributed by atoms with Gasteiger partial charge in [-0.05, 0) is 133 Å². The number of amidine groups is 1. The Labute approximate surface area is 644 Å². The molecule has 41 heteroatoms. The van der Waals surface area contributed by atoms with Crippen LogP contribution < -0.4 is 209 Å². The van der Waals surface area contributed by atoms with Crippen LogP contribution in [0.25, 0.3) is 21.5 Å². The molecule has 0 aliphatic heterocycles. The Morgan fingerprint density at radius 3 is 1.11 bits per heavy atom. The van der Waals surface area contributed by atoms with E-state index >= 15 is 0 Å². The molecule has 436 valence electrons. The van der Waals surface area contributed by atoms with Gasteiger partial charge in [0.15, 0.2) is 0 Å². The van der Waals surface area contributed by atoms with E-state index in [4.69, 9.17) is 0 Å². The van der Waals surface area contributed by atoms with Crippen LogP contribution in [0.15, 0.2) is 180 Å². The third-order valence-electron chi connectivity index (χ3n) is 11.7. The van der Waals surface area contributed by atoms with Crippen molar-refractivity contribution in [1.29, 1.82) is 0 Å². The molecular weight excluding hydrogens is 1370 g/mol. The predicted molar refractivity (Wildman–Crippen MR) is 286 cm³/mol. The van der Waals surface area contributed by atoms with E-state index in [1.54, 1.807) is 0 Å². The summed E-state index contributed by atoms with van der Waals surface area (Å²) >= 11 is 0. The molecule has 0 aliphatic carbocycles. The second-order valence-electron chi connectivity index (χ2n) is 17.3. The largest absolute Gasteiger partial charge is 1.00 e. The normalized spacial score (nSPS) is 11.7. The molecule has 90 heavy (non-hydrogen) atoms. The molecule has 6 N–H and O–H groups in total. The Balaban J connectivity index is 0.00000460. The fraction of sp³-hybridized carbons (Fsp3) is 0. The number of carbonyl (C=O) groups excluding carboxylic acids is 4. The van der Waals surface area contributed by atoms with Crippen LogP contribution in [-0.2, 0) is 60.7 Å². The molecule has 0 radical (unpaired) electrons. The van der Waals surface area contributed by atoms with Gasteiger partial charge in [0.2, 0.25) is 0 Å². The average molecular weight is 1400 g/mol. The molecule has 0 saturated heterocycles. The number of hydrogen-bond acceptors (Lipinski definition) is 23. The predicted octanol–water partition coefficient (Wildman–Crippen LogP) is -14.7. The molecule has 4 amide bonds. The van der Waals surface area contributed by atoms with Crippen molar-refractivity contribution in [1.82, 2.24) is 0 Å². The Bertz CT molecular complexity index is 4920. The smallest absolute Gasteiger partial charge is 0.846 e. The number of rotatable bonds is 16. The minimum Gasteiger partial charge on any atom is -0.846 e. The number of amides is 4. The maximum Gasteiger partial charge on any atom is 1.00 e. The molecule has 0 aromatic heterocycles. The van der Waals surface area contributed by atoms with Crippen LogP contribution in [0, 0.1) is 0 Å². The summed E-state index contributed by atoms with van der Waals surface area (Å²) < 4.78 is 214. The van der Waals surface area contributed by atoms with E-state index in [0.29, 0.717) is 24.3 Å². The summed E-state index contributed by atoms with van der Waals surface area (Å²) in [5, 5.41) is 21.5. The van der Waals surface area contributed by atoms with Gasteiger partial charge in [-0.15, -0.1) is 0 Å². The van der Waals surface area contributed by atoms with Gasteiger partial charge in [0, 0.05) is 60.9 Å². The van der Waals surface area contributed by atoms with Crippen LogP contribution in [0.3, 0.4) is 0 Å². The van der Waals surface area contributed by atoms with Crippen LogP contribution in [0.2, 0.25) is 0 Å². The molecule has 0 fully saturated rings. The van der Waals surface area contributed by atoms with Gasteiger partial charge in [0.1, 0.15) is 55.5 Å². The summed E-state index contributed by atoms with van der Waals surface area (Å²) in [7, 11) is -33.2. The van der Waals surface area contributed by atoms with Crippen molar-refractivity contribution in [3.8, 4) is 0 Å². The molecule has 0 aliphatic rings. The number of benzene rings is 8. The van der Waals surface area contributed by atoms with Gasteiger partial charge in [0.05, 0.1) is 47.6 Å². The van der Waals surface area contributed by atoms with Gasteiger partial charge in [-0.1, -0.05) is 12.1 Å².